The van der Waals surface area contributed by atoms with Gasteiger partial charge in [0.25, 0.3) is 0 Å². The lowest BCUT2D eigenvalue weighted by Gasteiger charge is -2.42. The van der Waals surface area contributed by atoms with Gasteiger partial charge in [0.05, 0.1) is 29.4 Å². The molecule has 3 atom stereocenters. The van der Waals surface area contributed by atoms with Crippen molar-refractivity contribution in [1.29, 1.82) is 5.26 Å². The number of benzene rings is 2. The molecule has 3 unspecified atom stereocenters. The molecule has 1 aliphatic heterocycles. The summed E-state index contributed by atoms with van der Waals surface area (Å²) in [6, 6.07) is 15.0. The van der Waals surface area contributed by atoms with Crippen molar-refractivity contribution in [2.75, 3.05) is 4.90 Å². The van der Waals surface area contributed by atoms with Crippen LogP contribution in [0, 0.1) is 24.2 Å². The summed E-state index contributed by atoms with van der Waals surface area (Å²) < 4.78 is 0. The van der Waals surface area contributed by atoms with Crippen LogP contribution in [-0.4, -0.2) is 23.0 Å². The zero-order valence-corrected chi connectivity index (χ0v) is 17.2. The Morgan fingerprint density at radius 3 is 2.77 bits per heavy atom. The van der Waals surface area contributed by atoms with E-state index in [0.29, 0.717) is 24.1 Å². The fraction of sp³-hybridized carbons (Fsp3) is 0.280. The Balaban J connectivity index is 1.45. The molecule has 1 aliphatic carbocycles. The summed E-state index contributed by atoms with van der Waals surface area (Å²) in [5.41, 5.74) is 3.33. The predicted octanol–water partition coefficient (Wildman–Crippen LogP) is 4.42. The minimum absolute atomic E-state index is 0.149. The highest BCUT2D eigenvalue weighted by Crippen LogP contribution is 2.41. The van der Waals surface area contributed by atoms with Crippen LogP contribution in [0.2, 0.25) is 0 Å². The van der Waals surface area contributed by atoms with Gasteiger partial charge in [0, 0.05) is 23.0 Å². The summed E-state index contributed by atoms with van der Waals surface area (Å²) >= 11 is 0. The van der Waals surface area contributed by atoms with Crippen LogP contribution in [0.25, 0.3) is 10.8 Å². The SMILES string of the molecule is Cc1cccc(C#N)c1C1CCC2C(=O)N(c3cncc4ccccc34)C(=O)NC2C1. The predicted molar refractivity (Wildman–Crippen MR) is 118 cm³/mol. The standard InChI is InChI=1S/C25H22N4O2/c1-15-5-4-7-17(12-26)23(15)16-9-10-20-21(11-16)28-25(31)29(24(20)30)22-14-27-13-18-6-2-3-8-19(18)22/h2-8,13-14,16,20-21H,9-11H2,1H3,(H,28,31). The second-order valence-corrected chi connectivity index (χ2v) is 8.37. The Kier molecular flexibility index (Phi) is 4.67. The highest BCUT2D eigenvalue weighted by Gasteiger charge is 2.45. The van der Waals surface area contributed by atoms with Crippen LogP contribution >= 0.6 is 0 Å². The number of nitriles is 1. The lowest BCUT2D eigenvalue weighted by atomic mass is 9.72. The Morgan fingerprint density at radius 2 is 1.94 bits per heavy atom. The Labute approximate surface area is 180 Å². The Morgan fingerprint density at radius 1 is 1.10 bits per heavy atom. The molecule has 0 bridgehead atoms. The van der Waals surface area contributed by atoms with Crippen molar-refractivity contribution in [1.82, 2.24) is 10.3 Å². The van der Waals surface area contributed by atoms with E-state index in [-0.39, 0.29) is 23.8 Å². The number of nitrogens with one attached hydrogen (secondary N) is 1. The molecule has 31 heavy (non-hydrogen) atoms. The third-order valence-electron chi connectivity index (χ3n) is 6.64. The van der Waals surface area contributed by atoms with Gasteiger partial charge < -0.3 is 5.32 Å². The summed E-state index contributed by atoms with van der Waals surface area (Å²) in [5, 5.41) is 14.3. The van der Waals surface area contributed by atoms with Gasteiger partial charge >= 0.3 is 6.03 Å². The van der Waals surface area contributed by atoms with Gasteiger partial charge in [-0.05, 0) is 49.3 Å². The molecular formula is C25H22N4O2. The number of carbonyl (C=O) groups is 2. The zero-order valence-electron chi connectivity index (χ0n) is 17.2. The topological polar surface area (TPSA) is 86.1 Å². The summed E-state index contributed by atoms with van der Waals surface area (Å²) in [6.45, 7) is 2.02. The molecule has 3 amide bonds. The Bertz CT molecular complexity index is 1240. The number of hydrogen-bond acceptors (Lipinski definition) is 4. The fourth-order valence-corrected chi connectivity index (χ4v) is 5.20. The lowest BCUT2D eigenvalue weighted by Crippen LogP contribution is -2.61. The lowest BCUT2D eigenvalue weighted by molar-refractivity contribution is -0.124. The maximum absolute atomic E-state index is 13.4. The van der Waals surface area contributed by atoms with Crippen LogP contribution in [0.3, 0.4) is 0 Å². The first-order chi connectivity index (χ1) is 15.1. The van der Waals surface area contributed by atoms with E-state index >= 15 is 0 Å². The molecule has 5 rings (SSSR count). The summed E-state index contributed by atoms with van der Waals surface area (Å²) in [5.74, 6) is -0.297. The van der Waals surface area contributed by atoms with Gasteiger partial charge in [-0.1, -0.05) is 36.4 Å². The maximum atomic E-state index is 13.4. The smallest absolute Gasteiger partial charge is 0.329 e. The molecule has 1 saturated heterocycles. The molecule has 2 aromatic carbocycles. The molecule has 2 fully saturated rings. The van der Waals surface area contributed by atoms with Gasteiger partial charge in [0.1, 0.15) is 0 Å². The number of carbonyl (C=O) groups excluding carboxylic acids is 2. The van der Waals surface area contributed by atoms with E-state index in [4.69, 9.17) is 0 Å². The molecule has 2 heterocycles. The third-order valence-corrected chi connectivity index (χ3v) is 6.64. The molecule has 1 aromatic heterocycles. The second kappa shape index (κ2) is 7.51. The van der Waals surface area contributed by atoms with Gasteiger partial charge in [-0.2, -0.15) is 5.26 Å². The molecule has 1 N–H and O–H groups in total. The Hall–Kier alpha value is -3.72. The van der Waals surface area contributed by atoms with Crippen LogP contribution in [-0.2, 0) is 4.79 Å². The van der Waals surface area contributed by atoms with Gasteiger partial charge in [-0.25, -0.2) is 9.69 Å². The van der Waals surface area contributed by atoms with Crippen LogP contribution in [0.1, 0.15) is 41.9 Å². The molecule has 154 valence electrons. The molecule has 1 saturated carbocycles. The van der Waals surface area contributed by atoms with Crippen molar-refractivity contribution in [3.05, 3.63) is 71.5 Å². The quantitative estimate of drug-likeness (QED) is 0.677. The number of imide groups is 1. The largest absolute Gasteiger partial charge is 0.334 e. The van der Waals surface area contributed by atoms with E-state index in [1.807, 2.05) is 49.4 Å². The molecule has 0 spiro atoms. The molecule has 6 heteroatoms. The molecule has 3 aromatic rings. The fourth-order valence-electron chi connectivity index (χ4n) is 5.20. The van der Waals surface area contributed by atoms with Crippen molar-refractivity contribution < 1.29 is 9.59 Å². The van der Waals surface area contributed by atoms with Crippen molar-refractivity contribution in [3.8, 4) is 6.07 Å². The van der Waals surface area contributed by atoms with E-state index in [2.05, 4.69) is 16.4 Å². The van der Waals surface area contributed by atoms with Gasteiger partial charge in [-0.15, -0.1) is 0 Å². The average Bonchev–Trinajstić information content (AvgIpc) is 2.78. The van der Waals surface area contributed by atoms with Crippen LogP contribution < -0.4 is 10.2 Å². The monoisotopic (exact) mass is 410 g/mol. The van der Waals surface area contributed by atoms with Crippen molar-refractivity contribution in [2.45, 2.75) is 38.1 Å². The van der Waals surface area contributed by atoms with Crippen LogP contribution in [0.15, 0.2) is 54.9 Å². The number of nitrogens with zero attached hydrogens (tertiary/aromatic N) is 3. The second-order valence-electron chi connectivity index (χ2n) is 8.37. The number of fused-ring (bicyclic) bond motifs is 2. The normalized spacial score (nSPS) is 23.2. The average molecular weight is 410 g/mol. The minimum atomic E-state index is -0.407. The number of hydrogen-bond donors (Lipinski definition) is 1. The first-order valence-electron chi connectivity index (χ1n) is 10.6. The molecule has 6 nitrogen and oxygen atoms in total. The zero-order chi connectivity index (χ0) is 21.5. The van der Waals surface area contributed by atoms with Crippen molar-refractivity contribution in [3.63, 3.8) is 0 Å². The van der Waals surface area contributed by atoms with Gasteiger partial charge in [0.15, 0.2) is 0 Å². The highest BCUT2D eigenvalue weighted by atomic mass is 16.2. The number of rotatable bonds is 2. The van der Waals surface area contributed by atoms with E-state index in [1.165, 1.54) is 4.90 Å². The maximum Gasteiger partial charge on any atom is 0.329 e. The van der Waals surface area contributed by atoms with Crippen LogP contribution in [0.4, 0.5) is 10.5 Å². The number of urea groups is 1. The molecule has 0 radical (unpaired) electrons. The number of anilines is 1. The molecular weight excluding hydrogens is 388 g/mol. The molecule has 2 aliphatic rings. The van der Waals surface area contributed by atoms with E-state index in [0.717, 1.165) is 28.3 Å². The minimum Gasteiger partial charge on any atom is -0.334 e. The number of aryl methyl sites for hydroxylation is 1. The summed E-state index contributed by atoms with van der Waals surface area (Å²) in [6.07, 6.45) is 5.45. The van der Waals surface area contributed by atoms with Crippen LogP contribution in [0.5, 0.6) is 0 Å². The van der Waals surface area contributed by atoms with Crippen molar-refractivity contribution in [2.24, 2.45) is 5.92 Å². The van der Waals surface area contributed by atoms with Gasteiger partial charge in [0.2, 0.25) is 5.91 Å². The first kappa shape index (κ1) is 19.3. The van der Waals surface area contributed by atoms with E-state index < -0.39 is 6.03 Å². The summed E-state index contributed by atoms with van der Waals surface area (Å²) in [7, 11) is 0. The number of aromatic nitrogens is 1. The van der Waals surface area contributed by atoms with Crippen molar-refractivity contribution >= 4 is 28.4 Å². The van der Waals surface area contributed by atoms with E-state index in [1.54, 1.807) is 12.4 Å². The van der Waals surface area contributed by atoms with E-state index in [9.17, 15) is 14.9 Å². The number of pyridine rings is 1. The highest BCUT2D eigenvalue weighted by molar-refractivity contribution is 6.20. The first-order valence-corrected chi connectivity index (χ1v) is 10.6. The third kappa shape index (κ3) is 3.14. The van der Waals surface area contributed by atoms with Gasteiger partial charge in [-0.3, -0.25) is 9.78 Å². The summed E-state index contributed by atoms with van der Waals surface area (Å²) in [4.78, 5) is 32.0. The number of amides is 3.